The van der Waals surface area contributed by atoms with E-state index in [2.05, 4.69) is 21.3 Å². The molecule has 166 valence electrons. The maximum absolute atomic E-state index is 12.1. The van der Waals surface area contributed by atoms with Crippen LogP contribution in [0, 0.1) is 5.92 Å². The highest BCUT2D eigenvalue weighted by molar-refractivity contribution is 5.85. The van der Waals surface area contributed by atoms with Crippen molar-refractivity contribution in [1.82, 2.24) is 15.1 Å². The normalized spacial score (nSPS) is 21.2. The average molecular weight is 419 g/mol. The summed E-state index contributed by atoms with van der Waals surface area (Å²) in [5.41, 5.74) is 1.13. The number of aliphatic imine (C=N–C) groups is 1. The molecule has 1 amide bonds. The molecule has 0 saturated carbocycles. The SMILES string of the molecule is COCCOCC1CCN(C(=NCC(=O)N(C)C)NC2CCOc3ccccc32)C1. The summed E-state index contributed by atoms with van der Waals surface area (Å²) in [5.74, 6) is 2.13. The van der Waals surface area contributed by atoms with Crippen LogP contribution in [0.3, 0.4) is 0 Å². The van der Waals surface area contributed by atoms with Crippen LogP contribution in [0.5, 0.6) is 5.75 Å². The fourth-order valence-corrected chi connectivity index (χ4v) is 3.72. The number of ether oxygens (including phenoxy) is 3. The molecule has 1 N–H and O–H groups in total. The Balaban J connectivity index is 1.67. The minimum Gasteiger partial charge on any atom is -0.493 e. The lowest BCUT2D eigenvalue weighted by atomic mass is 10.0. The number of para-hydroxylation sites is 1. The van der Waals surface area contributed by atoms with Crippen LogP contribution >= 0.6 is 0 Å². The fourth-order valence-electron chi connectivity index (χ4n) is 3.72. The molecule has 3 rings (SSSR count). The Hall–Kier alpha value is -2.32. The van der Waals surface area contributed by atoms with Gasteiger partial charge in [-0.2, -0.15) is 0 Å². The van der Waals surface area contributed by atoms with E-state index >= 15 is 0 Å². The highest BCUT2D eigenvalue weighted by Gasteiger charge is 2.29. The van der Waals surface area contributed by atoms with Crippen molar-refractivity contribution >= 4 is 11.9 Å². The summed E-state index contributed by atoms with van der Waals surface area (Å²) in [5, 5.41) is 3.61. The van der Waals surface area contributed by atoms with Gasteiger partial charge in [0.25, 0.3) is 0 Å². The molecule has 0 radical (unpaired) electrons. The molecule has 8 heteroatoms. The number of likely N-dealkylation sites (tertiary alicyclic amines) is 1. The van der Waals surface area contributed by atoms with Gasteiger partial charge >= 0.3 is 0 Å². The number of carbonyl (C=O) groups is 1. The fraction of sp³-hybridized carbons (Fsp3) is 0.636. The van der Waals surface area contributed by atoms with E-state index in [0.717, 1.165) is 43.2 Å². The number of methoxy groups -OCH3 is 1. The summed E-state index contributed by atoms with van der Waals surface area (Å²) in [6, 6.07) is 8.21. The molecule has 1 saturated heterocycles. The number of guanidine groups is 1. The summed E-state index contributed by atoms with van der Waals surface area (Å²) in [6.07, 6.45) is 1.90. The van der Waals surface area contributed by atoms with E-state index < -0.39 is 0 Å². The Morgan fingerprint density at radius 2 is 2.13 bits per heavy atom. The molecule has 1 aromatic carbocycles. The van der Waals surface area contributed by atoms with E-state index in [9.17, 15) is 4.79 Å². The van der Waals surface area contributed by atoms with Crippen molar-refractivity contribution in [3.8, 4) is 5.75 Å². The molecule has 0 aromatic heterocycles. The first-order valence-electron chi connectivity index (χ1n) is 10.6. The van der Waals surface area contributed by atoms with Gasteiger partial charge in [-0.15, -0.1) is 0 Å². The first-order chi connectivity index (χ1) is 14.6. The Morgan fingerprint density at radius 1 is 1.30 bits per heavy atom. The number of benzene rings is 1. The highest BCUT2D eigenvalue weighted by Crippen LogP contribution is 2.32. The number of rotatable bonds is 8. The second-order valence-electron chi connectivity index (χ2n) is 7.97. The lowest BCUT2D eigenvalue weighted by molar-refractivity contribution is -0.127. The van der Waals surface area contributed by atoms with Crippen LogP contribution in [0.2, 0.25) is 0 Å². The summed E-state index contributed by atoms with van der Waals surface area (Å²) in [6.45, 7) is 4.48. The Morgan fingerprint density at radius 3 is 2.93 bits per heavy atom. The van der Waals surface area contributed by atoms with Crippen molar-refractivity contribution < 1.29 is 19.0 Å². The highest BCUT2D eigenvalue weighted by atomic mass is 16.5. The van der Waals surface area contributed by atoms with Crippen molar-refractivity contribution in [3.05, 3.63) is 29.8 Å². The molecular weight excluding hydrogens is 384 g/mol. The van der Waals surface area contributed by atoms with Crippen molar-refractivity contribution in [1.29, 1.82) is 0 Å². The standard InChI is InChI=1S/C22H34N4O4/c1-25(2)21(27)14-23-22(26-10-8-17(15-26)16-29-13-12-28-3)24-19-9-11-30-20-7-5-4-6-18(19)20/h4-7,17,19H,8-16H2,1-3H3,(H,23,24). The van der Waals surface area contributed by atoms with Crippen LogP contribution in [-0.2, 0) is 14.3 Å². The number of likely N-dealkylation sites (N-methyl/N-ethyl adjacent to an activating group) is 1. The lowest BCUT2D eigenvalue weighted by Gasteiger charge is -2.31. The van der Waals surface area contributed by atoms with Gasteiger partial charge in [-0.1, -0.05) is 18.2 Å². The predicted octanol–water partition coefficient (Wildman–Crippen LogP) is 1.53. The van der Waals surface area contributed by atoms with Crippen LogP contribution in [0.25, 0.3) is 0 Å². The average Bonchev–Trinajstić information content (AvgIpc) is 3.22. The van der Waals surface area contributed by atoms with E-state index in [0.29, 0.717) is 32.3 Å². The quantitative estimate of drug-likeness (QED) is 0.392. The summed E-state index contributed by atoms with van der Waals surface area (Å²) in [7, 11) is 5.18. The van der Waals surface area contributed by atoms with Gasteiger partial charge in [-0.3, -0.25) is 4.79 Å². The van der Waals surface area contributed by atoms with Gasteiger partial charge in [0.15, 0.2) is 5.96 Å². The van der Waals surface area contributed by atoms with Gasteiger partial charge in [0.05, 0.1) is 32.5 Å². The van der Waals surface area contributed by atoms with Gasteiger partial charge < -0.3 is 29.3 Å². The first-order valence-corrected chi connectivity index (χ1v) is 10.6. The number of amides is 1. The largest absolute Gasteiger partial charge is 0.493 e. The molecular formula is C22H34N4O4. The lowest BCUT2D eigenvalue weighted by Crippen LogP contribution is -2.44. The molecule has 1 fully saturated rings. The van der Waals surface area contributed by atoms with E-state index in [-0.39, 0.29) is 18.5 Å². The molecule has 0 aliphatic carbocycles. The van der Waals surface area contributed by atoms with E-state index in [1.54, 1.807) is 26.1 Å². The predicted molar refractivity (Wildman–Crippen MR) is 116 cm³/mol. The smallest absolute Gasteiger partial charge is 0.243 e. The number of hydrogen-bond donors (Lipinski definition) is 1. The molecule has 30 heavy (non-hydrogen) atoms. The minimum atomic E-state index is -0.0136. The maximum Gasteiger partial charge on any atom is 0.243 e. The molecule has 2 unspecified atom stereocenters. The third-order valence-electron chi connectivity index (χ3n) is 5.50. The number of nitrogens with zero attached hydrogens (tertiary/aromatic N) is 3. The summed E-state index contributed by atoms with van der Waals surface area (Å²) < 4.78 is 16.6. The van der Waals surface area contributed by atoms with Crippen LogP contribution in [0.4, 0.5) is 0 Å². The zero-order valence-electron chi connectivity index (χ0n) is 18.3. The van der Waals surface area contributed by atoms with Gasteiger partial charge in [0.2, 0.25) is 5.91 Å². The molecule has 2 atom stereocenters. The Labute approximate surface area is 179 Å². The zero-order valence-corrected chi connectivity index (χ0v) is 18.3. The van der Waals surface area contributed by atoms with Crippen molar-refractivity contribution in [2.75, 3.05) is 67.3 Å². The molecule has 2 heterocycles. The third-order valence-corrected chi connectivity index (χ3v) is 5.50. The van der Waals surface area contributed by atoms with Crippen LogP contribution < -0.4 is 10.1 Å². The zero-order chi connectivity index (χ0) is 21.3. The third kappa shape index (κ3) is 6.09. The van der Waals surface area contributed by atoms with Gasteiger partial charge in [0.1, 0.15) is 12.3 Å². The topological polar surface area (TPSA) is 75.6 Å². The molecule has 1 aromatic rings. The van der Waals surface area contributed by atoms with Gasteiger partial charge in [-0.05, 0) is 12.5 Å². The molecule has 0 spiro atoms. The van der Waals surface area contributed by atoms with Crippen molar-refractivity contribution in [2.45, 2.75) is 18.9 Å². The Kier molecular flexibility index (Phi) is 8.33. The minimum absolute atomic E-state index is 0.0136. The molecule has 2 aliphatic rings. The van der Waals surface area contributed by atoms with E-state index in [1.165, 1.54) is 0 Å². The Bertz CT molecular complexity index is 725. The number of fused-ring (bicyclic) bond motifs is 1. The number of nitrogens with one attached hydrogen (secondary N) is 1. The molecule has 8 nitrogen and oxygen atoms in total. The van der Waals surface area contributed by atoms with Crippen LogP contribution in [-0.4, -0.2) is 88.9 Å². The van der Waals surface area contributed by atoms with E-state index in [1.807, 2.05) is 18.2 Å². The van der Waals surface area contributed by atoms with Crippen LogP contribution in [0.1, 0.15) is 24.4 Å². The van der Waals surface area contributed by atoms with Crippen molar-refractivity contribution in [2.24, 2.45) is 10.9 Å². The van der Waals surface area contributed by atoms with Gasteiger partial charge in [0, 0.05) is 52.2 Å². The van der Waals surface area contributed by atoms with Crippen molar-refractivity contribution in [3.63, 3.8) is 0 Å². The molecule has 0 bridgehead atoms. The second-order valence-corrected chi connectivity index (χ2v) is 7.97. The summed E-state index contributed by atoms with van der Waals surface area (Å²) >= 11 is 0. The van der Waals surface area contributed by atoms with E-state index in [4.69, 9.17) is 14.2 Å². The summed E-state index contributed by atoms with van der Waals surface area (Å²) in [4.78, 5) is 20.6. The molecule has 2 aliphatic heterocycles. The van der Waals surface area contributed by atoms with Gasteiger partial charge in [-0.25, -0.2) is 4.99 Å². The first kappa shape index (κ1) is 22.4. The second kappa shape index (κ2) is 11.2. The number of carbonyl (C=O) groups excluding carboxylic acids is 1. The van der Waals surface area contributed by atoms with Crippen LogP contribution in [0.15, 0.2) is 29.3 Å². The maximum atomic E-state index is 12.1. The number of hydrogen-bond acceptors (Lipinski definition) is 5. The monoisotopic (exact) mass is 418 g/mol.